The first-order valence-corrected chi connectivity index (χ1v) is 7.22. The fraction of sp³-hybridized carbons (Fsp3) is 0.429. The average Bonchev–Trinajstić information content (AvgIpc) is 2.43. The third-order valence-electron chi connectivity index (χ3n) is 2.50. The zero-order valence-electron chi connectivity index (χ0n) is 11.2. The summed E-state index contributed by atoms with van der Waals surface area (Å²) in [5, 5.41) is 8.64. The third-order valence-corrected chi connectivity index (χ3v) is 3.43. The van der Waals surface area contributed by atoms with Crippen molar-refractivity contribution in [2.45, 2.75) is 24.2 Å². The highest BCUT2D eigenvalue weighted by Crippen LogP contribution is 2.21. The van der Waals surface area contributed by atoms with Gasteiger partial charge in [0.15, 0.2) is 5.12 Å². The molecule has 0 radical (unpaired) electrons. The summed E-state index contributed by atoms with van der Waals surface area (Å²) in [6, 6.07) is 7.37. The van der Waals surface area contributed by atoms with E-state index in [0.717, 1.165) is 10.5 Å². The Morgan fingerprint density at radius 3 is 2.45 bits per heavy atom. The Morgan fingerprint density at radius 1 is 1.15 bits per heavy atom. The number of ether oxygens (including phenoxy) is 1. The van der Waals surface area contributed by atoms with Gasteiger partial charge in [0, 0.05) is 24.3 Å². The summed E-state index contributed by atoms with van der Waals surface area (Å²) in [6.45, 7) is 1.31. The summed E-state index contributed by atoms with van der Waals surface area (Å²) >= 11 is 1.17. The molecule has 0 saturated carbocycles. The van der Waals surface area contributed by atoms with Crippen molar-refractivity contribution in [2.75, 3.05) is 19.8 Å². The van der Waals surface area contributed by atoms with Crippen molar-refractivity contribution in [3.05, 3.63) is 29.8 Å². The summed E-state index contributed by atoms with van der Waals surface area (Å²) in [4.78, 5) is 23.0. The van der Waals surface area contributed by atoms with E-state index in [0.29, 0.717) is 32.6 Å². The van der Waals surface area contributed by atoms with Crippen LogP contribution in [-0.2, 0) is 20.7 Å². The second-order valence-corrected chi connectivity index (χ2v) is 5.29. The molecular formula is C14H19NO4S. The van der Waals surface area contributed by atoms with Crippen LogP contribution in [0.5, 0.6) is 0 Å². The van der Waals surface area contributed by atoms with Crippen LogP contribution in [-0.4, -0.2) is 35.9 Å². The Labute approximate surface area is 122 Å². The van der Waals surface area contributed by atoms with Gasteiger partial charge in [-0.1, -0.05) is 23.9 Å². The molecule has 1 rings (SSSR count). The molecule has 0 aliphatic rings. The van der Waals surface area contributed by atoms with Crippen molar-refractivity contribution in [1.29, 1.82) is 0 Å². The number of carboxylic acids is 1. The normalized spacial score (nSPS) is 10.4. The van der Waals surface area contributed by atoms with Crippen LogP contribution in [0.3, 0.4) is 0 Å². The summed E-state index contributed by atoms with van der Waals surface area (Å²) in [5.41, 5.74) is 6.23. The molecule has 0 amide bonds. The van der Waals surface area contributed by atoms with Crippen LogP contribution in [0.25, 0.3) is 0 Å². The molecule has 0 spiro atoms. The quantitative estimate of drug-likeness (QED) is 0.532. The Kier molecular flexibility index (Phi) is 7.94. The van der Waals surface area contributed by atoms with Crippen molar-refractivity contribution >= 4 is 22.8 Å². The smallest absolute Gasteiger partial charge is 0.303 e. The lowest BCUT2D eigenvalue weighted by atomic mass is 10.1. The number of nitrogens with two attached hydrogens (primary N) is 1. The molecule has 0 bridgehead atoms. The molecule has 0 fully saturated rings. The lowest BCUT2D eigenvalue weighted by Gasteiger charge is -2.04. The number of hydrogen-bond donors (Lipinski definition) is 2. The number of carbonyl (C=O) groups excluding carboxylic acids is 1. The van der Waals surface area contributed by atoms with E-state index >= 15 is 0 Å². The molecule has 1 aromatic carbocycles. The standard InChI is InChI=1S/C14H19NO4S/c15-8-10-19-9-7-14(18)20-12-4-1-11(2-5-12)3-6-13(16)17/h1-2,4-5H,3,6-10,15H2,(H,16,17). The van der Waals surface area contributed by atoms with E-state index < -0.39 is 5.97 Å². The first-order chi connectivity index (χ1) is 9.61. The molecule has 0 heterocycles. The molecule has 20 heavy (non-hydrogen) atoms. The van der Waals surface area contributed by atoms with E-state index in [4.69, 9.17) is 15.6 Å². The SMILES string of the molecule is NCCOCCC(=O)Sc1ccc(CCC(=O)O)cc1. The van der Waals surface area contributed by atoms with Gasteiger partial charge in [-0.05, 0) is 24.1 Å². The minimum Gasteiger partial charge on any atom is -0.481 e. The lowest BCUT2D eigenvalue weighted by molar-refractivity contribution is -0.137. The average molecular weight is 297 g/mol. The first kappa shape index (κ1) is 16.7. The molecule has 0 aliphatic heterocycles. The maximum Gasteiger partial charge on any atom is 0.303 e. The van der Waals surface area contributed by atoms with E-state index in [1.165, 1.54) is 11.8 Å². The van der Waals surface area contributed by atoms with E-state index in [-0.39, 0.29) is 11.5 Å². The van der Waals surface area contributed by atoms with E-state index in [1.807, 2.05) is 24.3 Å². The first-order valence-electron chi connectivity index (χ1n) is 6.41. The molecular weight excluding hydrogens is 278 g/mol. The van der Waals surface area contributed by atoms with Gasteiger partial charge in [-0.15, -0.1) is 0 Å². The van der Waals surface area contributed by atoms with Gasteiger partial charge in [-0.2, -0.15) is 0 Å². The minimum atomic E-state index is -0.809. The Bertz CT molecular complexity index is 433. The Morgan fingerprint density at radius 2 is 1.85 bits per heavy atom. The highest BCUT2D eigenvalue weighted by Gasteiger charge is 2.05. The second kappa shape index (κ2) is 9.52. The maximum atomic E-state index is 11.6. The molecule has 0 unspecified atom stereocenters. The van der Waals surface area contributed by atoms with Crippen LogP contribution in [0, 0.1) is 0 Å². The van der Waals surface area contributed by atoms with Crippen molar-refractivity contribution in [1.82, 2.24) is 0 Å². The maximum absolute atomic E-state index is 11.6. The summed E-state index contributed by atoms with van der Waals surface area (Å²) in [6.07, 6.45) is 0.969. The number of rotatable bonds is 9. The zero-order valence-corrected chi connectivity index (χ0v) is 12.0. The van der Waals surface area contributed by atoms with Crippen LogP contribution in [0.4, 0.5) is 0 Å². The van der Waals surface area contributed by atoms with Crippen LogP contribution in [0.15, 0.2) is 29.2 Å². The van der Waals surface area contributed by atoms with Gasteiger partial charge in [0.25, 0.3) is 0 Å². The van der Waals surface area contributed by atoms with Gasteiger partial charge in [0.1, 0.15) is 0 Å². The van der Waals surface area contributed by atoms with Crippen LogP contribution >= 0.6 is 11.8 Å². The van der Waals surface area contributed by atoms with Gasteiger partial charge in [-0.3, -0.25) is 9.59 Å². The highest BCUT2D eigenvalue weighted by molar-refractivity contribution is 8.13. The van der Waals surface area contributed by atoms with E-state index in [9.17, 15) is 9.59 Å². The van der Waals surface area contributed by atoms with Gasteiger partial charge in [0.2, 0.25) is 0 Å². The molecule has 5 nitrogen and oxygen atoms in total. The van der Waals surface area contributed by atoms with Crippen LogP contribution < -0.4 is 5.73 Å². The number of aliphatic carboxylic acids is 1. The number of thioether (sulfide) groups is 1. The van der Waals surface area contributed by atoms with Gasteiger partial charge in [0.05, 0.1) is 13.2 Å². The molecule has 1 aromatic rings. The highest BCUT2D eigenvalue weighted by atomic mass is 32.2. The largest absolute Gasteiger partial charge is 0.481 e. The fourth-order valence-corrected chi connectivity index (χ4v) is 2.22. The molecule has 0 aromatic heterocycles. The van der Waals surface area contributed by atoms with Gasteiger partial charge >= 0.3 is 5.97 Å². The zero-order chi connectivity index (χ0) is 14.8. The van der Waals surface area contributed by atoms with Gasteiger partial charge in [-0.25, -0.2) is 0 Å². The number of carboxylic acid groups (broad SMARTS) is 1. The van der Waals surface area contributed by atoms with Crippen molar-refractivity contribution in [3.63, 3.8) is 0 Å². The lowest BCUT2D eigenvalue weighted by Crippen LogP contribution is -2.10. The predicted octanol–water partition coefficient (Wildman–Crippen LogP) is 1.69. The van der Waals surface area contributed by atoms with Crippen molar-refractivity contribution in [2.24, 2.45) is 5.73 Å². The summed E-state index contributed by atoms with van der Waals surface area (Å²) in [7, 11) is 0. The molecule has 3 N–H and O–H groups in total. The molecule has 0 saturated heterocycles. The molecule has 6 heteroatoms. The third kappa shape index (κ3) is 7.28. The number of carbonyl (C=O) groups is 2. The topological polar surface area (TPSA) is 89.6 Å². The van der Waals surface area contributed by atoms with E-state index in [1.54, 1.807) is 0 Å². The van der Waals surface area contributed by atoms with Crippen molar-refractivity contribution < 1.29 is 19.4 Å². The van der Waals surface area contributed by atoms with Crippen molar-refractivity contribution in [3.8, 4) is 0 Å². The molecule has 0 aliphatic carbocycles. The summed E-state index contributed by atoms with van der Waals surface area (Å²) in [5.74, 6) is -0.809. The Balaban J connectivity index is 2.33. The molecule has 110 valence electrons. The Hall–Kier alpha value is -1.37. The summed E-state index contributed by atoms with van der Waals surface area (Å²) < 4.78 is 5.15. The monoisotopic (exact) mass is 297 g/mol. The number of aryl methyl sites for hydroxylation is 1. The second-order valence-electron chi connectivity index (χ2n) is 4.16. The number of hydrogen-bond acceptors (Lipinski definition) is 5. The molecule has 0 atom stereocenters. The fourth-order valence-electron chi connectivity index (χ4n) is 1.50. The predicted molar refractivity (Wildman–Crippen MR) is 77.8 cm³/mol. The van der Waals surface area contributed by atoms with Crippen LogP contribution in [0.2, 0.25) is 0 Å². The van der Waals surface area contributed by atoms with Crippen LogP contribution in [0.1, 0.15) is 18.4 Å². The van der Waals surface area contributed by atoms with Gasteiger partial charge < -0.3 is 15.6 Å². The minimum absolute atomic E-state index is 0.0420. The van der Waals surface area contributed by atoms with E-state index in [2.05, 4.69) is 0 Å². The number of benzene rings is 1.